The summed E-state index contributed by atoms with van der Waals surface area (Å²) in [6.07, 6.45) is 0. The van der Waals surface area contributed by atoms with Gasteiger partial charge in [-0.05, 0) is 0 Å². The minimum Gasteiger partial charge on any atom is -0.338 e. The third kappa shape index (κ3) is 4.62. The molecular formula is C7H12IN2+. The largest absolute Gasteiger partial charge is 0.338 e. The summed E-state index contributed by atoms with van der Waals surface area (Å²) in [4.78, 5) is 1.84. The molecular weight excluding hydrogens is 239 g/mol. The summed E-state index contributed by atoms with van der Waals surface area (Å²) < 4.78 is 3.03. The van der Waals surface area contributed by atoms with E-state index in [4.69, 9.17) is 0 Å². The molecule has 3 heteroatoms. The molecule has 10 heavy (non-hydrogen) atoms. The second-order valence-electron chi connectivity index (χ2n) is 2.32. The van der Waals surface area contributed by atoms with E-state index in [0.29, 0.717) is 0 Å². The van der Waals surface area contributed by atoms with E-state index in [1.54, 1.807) is 0 Å². The van der Waals surface area contributed by atoms with Crippen molar-refractivity contribution in [1.82, 2.24) is 4.90 Å². The van der Waals surface area contributed by atoms with Crippen LogP contribution in [0.25, 0.3) is 0 Å². The summed E-state index contributed by atoms with van der Waals surface area (Å²) in [7, 11) is 7.80. The van der Waals surface area contributed by atoms with E-state index in [1.165, 1.54) is 0 Å². The van der Waals surface area contributed by atoms with Crippen LogP contribution in [0.2, 0.25) is 0 Å². The van der Waals surface area contributed by atoms with Crippen molar-refractivity contribution in [3.63, 3.8) is 0 Å². The number of rotatable bonds is 0. The summed E-state index contributed by atoms with van der Waals surface area (Å²) in [6, 6.07) is 2.92. The number of hydrogen-bond donors (Lipinski definition) is 0. The fourth-order valence-electron chi connectivity index (χ4n) is 0.270. The van der Waals surface area contributed by atoms with E-state index in [-0.39, 0.29) is 0 Å². The van der Waals surface area contributed by atoms with Gasteiger partial charge in [-0.25, -0.2) is 4.58 Å². The zero-order chi connectivity index (χ0) is 8.15. The Kier molecular flexibility index (Phi) is 4.45. The van der Waals surface area contributed by atoms with Gasteiger partial charge in [0.05, 0.1) is 0 Å². The summed E-state index contributed by atoms with van der Waals surface area (Å²) in [5.74, 6) is 2.99. The Morgan fingerprint density at radius 2 is 1.90 bits per heavy atom. The highest BCUT2D eigenvalue weighted by Crippen LogP contribution is 1.85. The molecule has 0 fully saturated rings. The van der Waals surface area contributed by atoms with Gasteiger partial charge in [-0.1, -0.05) is 0 Å². The zero-order valence-corrected chi connectivity index (χ0v) is 8.93. The predicted octanol–water partition coefficient (Wildman–Crippen LogP) is 0.615. The molecule has 0 aromatic carbocycles. The average molecular weight is 251 g/mol. The molecule has 0 aromatic rings. The molecule has 0 atom stereocenters. The fraction of sp³-hybridized carbons (Fsp3) is 0.571. The highest BCUT2D eigenvalue weighted by molar-refractivity contribution is 14.1. The van der Waals surface area contributed by atoms with Gasteiger partial charge >= 0.3 is 0 Å². The van der Waals surface area contributed by atoms with Gasteiger partial charge in [-0.3, -0.25) is 0 Å². The van der Waals surface area contributed by atoms with E-state index in [1.807, 2.05) is 37.7 Å². The maximum atomic E-state index is 2.99. The number of nitrogens with zero attached hydrogens (tertiary/aromatic N) is 2. The molecule has 0 rings (SSSR count). The molecule has 0 saturated heterocycles. The standard InChI is InChI=1S/C7H12IN2/c1-9(2)6-5-7(8)10(3)4/h1-4H3/q+1. The first-order chi connectivity index (χ1) is 4.54. The van der Waals surface area contributed by atoms with Crippen molar-refractivity contribution in [2.45, 2.75) is 0 Å². The van der Waals surface area contributed by atoms with Crippen LogP contribution in [0.4, 0.5) is 0 Å². The van der Waals surface area contributed by atoms with Crippen molar-refractivity contribution in [2.24, 2.45) is 0 Å². The van der Waals surface area contributed by atoms with Gasteiger partial charge in [-0.2, -0.15) is 0 Å². The minimum atomic E-state index is 1.05. The first-order valence-electron chi connectivity index (χ1n) is 2.93. The average Bonchev–Trinajstić information content (AvgIpc) is 1.82. The van der Waals surface area contributed by atoms with E-state index in [9.17, 15) is 0 Å². The summed E-state index contributed by atoms with van der Waals surface area (Å²) >= 11 is 2.21. The van der Waals surface area contributed by atoms with Gasteiger partial charge in [0.25, 0.3) is 3.72 Å². The molecule has 0 bridgehead atoms. The van der Waals surface area contributed by atoms with Crippen molar-refractivity contribution in [3.05, 3.63) is 0 Å². The molecule has 0 heterocycles. The highest BCUT2D eigenvalue weighted by Gasteiger charge is 1.93. The van der Waals surface area contributed by atoms with Crippen LogP contribution >= 0.6 is 22.6 Å². The van der Waals surface area contributed by atoms with E-state index >= 15 is 0 Å². The lowest BCUT2D eigenvalue weighted by molar-refractivity contribution is -0.459. The van der Waals surface area contributed by atoms with Crippen molar-refractivity contribution >= 4 is 26.3 Å². The van der Waals surface area contributed by atoms with Gasteiger partial charge in [0.1, 0.15) is 14.1 Å². The van der Waals surface area contributed by atoms with Crippen molar-refractivity contribution in [3.8, 4) is 12.0 Å². The fourth-order valence-corrected chi connectivity index (χ4v) is 0.390. The van der Waals surface area contributed by atoms with Gasteiger partial charge in [-0.15, -0.1) is 0 Å². The quantitative estimate of drug-likeness (QED) is 0.201. The van der Waals surface area contributed by atoms with Crippen LogP contribution in [-0.2, 0) is 0 Å². The summed E-state index contributed by atoms with van der Waals surface area (Å²) in [5, 5.41) is 0. The normalized spacial score (nSPS) is 7.70. The Labute approximate surface area is 76.1 Å². The third-order valence-corrected chi connectivity index (χ3v) is 2.01. The van der Waals surface area contributed by atoms with E-state index < -0.39 is 0 Å². The maximum Gasteiger partial charge on any atom is 0.288 e. The number of hydrogen-bond acceptors (Lipinski definition) is 1. The van der Waals surface area contributed by atoms with Gasteiger partial charge in [0.2, 0.25) is 0 Å². The van der Waals surface area contributed by atoms with Gasteiger partial charge in [0.15, 0.2) is 0 Å². The molecule has 0 spiro atoms. The second-order valence-corrected chi connectivity index (χ2v) is 3.34. The summed E-state index contributed by atoms with van der Waals surface area (Å²) in [6.45, 7) is 0. The highest BCUT2D eigenvalue weighted by atomic mass is 127. The first-order valence-corrected chi connectivity index (χ1v) is 4.00. The van der Waals surface area contributed by atoms with Gasteiger partial charge < -0.3 is 4.90 Å². The Morgan fingerprint density at radius 3 is 2.20 bits per heavy atom. The second kappa shape index (κ2) is 4.56. The van der Waals surface area contributed by atoms with Crippen LogP contribution in [0.3, 0.4) is 0 Å². The molecule has 0 saturated carbocycles. The van der Waals surface area contributed by atoms with Crippen molar-refractivity contribution < 1.29 is 4.58 Å². The van der Waals surface area contributed by atoms with Gasteiger partial charge in [0, 0.05) is 48.7 Å². The molecule has 0 radical (unpaired) electrons. The SMILES string of the molecule is CN(C)C#CC(I)=[N+](C)C. The summed E-state index contributed by atoms with van der Waals surface area (Å²) in [5.41, 5.74) is 0. The molecule has 0 aliphatic rings. The van der Waals surface area contributed by atoms with Crippen LogP contribution in [0.1, 0.15) is 0 Å². The Balaban J connectivity index is 4.20. The monoisotopic (exact) mass is 251 g/mol. The lowest BCUT2D eigenvalue weighted by Gasteiger charge is -1.95. The zero-order valence-electron chi connectivity index (χ0n) is 6.77. The van der Waals surface area contributed by atoms with Crippen molar-refractivity contribution in [1.29, 1.82) is 0 Å². The Morgan fingerprint density at radius 1 is 1.40 bits per heavy atom. The molecule has 0 aliphatic heterocycles. The lowest BCUT2D eigenvalue weighted by Crippen LogP contribution is -2.06. The van der Waals surface area contributed by atoms with Crippen LogP contribution in [0, 0.1) is 12.0 Å². The Hall–Kier alpha value is -0.240. The van der Waals surface area contributed by atoms with E-state index in [2.05, 4.69) is 34.6 Å². The molecule has 0 unspecified atom stereocenters. The lowest BCUT2D eigenvalue weighted by atomic mass is 10.7. The van der Waals surface area contributed by atoms with E-state index in [0.717, 1.165) is 3.72 Å². The smallest absolute Gasteiger partial charge is 0.288 e. The maximum absolute atomic E-state index is 2.99. The van der Waals surface area contributed by atoms with Crippen LogP contribution < -0.4 is 0 Å². The molecule has 56 valence electrons. The Bertz CT molecular complexity index is 191. The molecule has 0 aliphatic carbocycles. The topological polar surface area (TPSA) is 6.25 Å². The van der Waals surface area contributed by atoms with Crippen LogP contribution in [0.15, 0.2) is 0 Å². The molecule has 0 aromatic heterocycles. The van der Waals surface area contributed by atoms with Crippen LogP contribution in [-0.4, -0.2) is 41.4 Å². The molecule has 2 nitrogen and oxygen atoms in total. The minimum absolute atomic E-state index is 1.05. The third-order valence-electron chi connectivity index (χ3n) is 0.775. The molecule has 0 N–H and O–H groups in total. The number of halogens is 1. The predicted molar refractivity (Wildman–Crippen MR) is 52.6 cm³/mol. The van der Waals surface area contributed by atoms with Crippen molar-refractivity contribution in [2.75, 3.05) is 28.2 Å². The first kappa shape index (κ1) is 9.76. The van der Waals surface area contributed by atoms with Crippen LogP contribution in [0.5, 0.6) is 0 Å². The molecule has 0 amide bonds.